The molecule has 122 valence electrons. The smallest absolute Gasteiger partial charge is 0.225 e. The third-order valence-electron chi connectivity index (χ3n) is 3.93. The first kappa shape index (κ1) is 18.5. The summed E-state index contributed by atoms with van der Waals surface area (Å²) in [6.07, 6.45) is 2.25. The van der Waals surface area contributed by atoms with Crippen LogP contribution in [0.2, 0.25) is 0 Å². The quantitative estimate of drug-likeness (QED) is 0.864. The lowest BCUT2D eigenvalue weighted by Gasteiger charge is -2.26. The number of carbonyl (C=O) groups is 2. The molecule has 6 heteroatoms. The van der Waals surface area contributed by atoms with E-state index < -0.39 is 0 Å². The van der Waals surface area contributed by atoms with E-state index in [4.69, 9.17) is 5.73 Å². The molecule has 3 N–H and O–H groups in total. The van der Waals surface area contributed by atoms with E-state index >= 15 is 0 Å². The van der Waals surface area contributed by atoms with Gasteiger partial charge in [0, 0.05) is 26.1 Å². The number of carbonyl (C=O) groups excluding carboxylic acids is 2. The maximum atomic E-state index is 12.5. The van der Waals surface area contributed by atoms with Gasteiger partial charge in [0.05, 0.1) is 12.5 Å². The van der Waals surface area contributed by atoms with Crippen molar-refractivity contribution in [3.8, 4) is 0 Å². The highest BCUT2D eigenvalue weighted by atomic mass is 35.5. The Balaban J connectivity index is 0.00000242. The summed E-state index contributed by atoms with van der Waals surface area (Å²) in [6.45, 7) is 2.74. The predicted octanol–water partition coefficient (Wildman–Crippen LogP) is 1.63. The molecule has 22 heavy (non-hydrogen) atoms. The fraction of sp³-hybridized carbons (Fsp3) is 0.500. The van der Waals surface area contributed by atoms with E-state index in [0.717, 1.165) is 24.9 Å². The molecule has 2 amide bonds. The molecule has 0 aromatic heterocycles. The van der Waals surface area contributed by atoms with Crippen LogP contribution in [0.5, 0.6) is 0 Å². The molecule has 1 saturated heterocycles. The summed E-state index contributed by atoms with van der Waals surface area (Å²) < 4.78 is 0. The normalized spacial score (nSPS) is 18.5. The Labute approximate surface area is 137 Å². The highest BCUT2D eigenvalue weighted by Gasteiger charge is 2.29. The van der Waals surface area contributed by atoms with Gasteiger partial charge in [-0.05, 0) is 18.4 Å². The third kappa shape index (κ3) is 4.71. The second-order valence-corrected chi connectivity index (χ2v) is 5.49. The Morgan fingerprint density at radius 2 is 2.05 bits per heavy atom. The Bertz CT molecular complexity index is 495. The minimum atomic E-state index is -0.282. The first-order chi connectivity index (χ1) is 10.1. The molecule has 1 aromatic rings. The lowest BCUT2D eigenvalue weighted by atomic mass is 10.0. The van der Waals surface area contributed by atoms with Crippen LogP contribution in [0.4, 0.5) is 0 Å². The highest BCUT2D eigenvalue weighted by molar-refractivity contribution is 5.85. The van der Waals surface area contributed by atoms with Crippen LogP contribution in [0.1, 0.15) is 37.8 Å². The lowest BCUT2D eigenvalue weighted by molar-refractivity contribution is -0.132. The van der Waals surface area contributed by atoms with Gasteiger partial charge in [-0.15, -0.1) is 12.4 Å². The van der Waals surface area contributed by atoms with E-state index in [2.05, 4.69) is 5.32 Å². The topological polar surface area (TPSA) is 75.4 Å². The van der Waals surface area contributed by atoms with E-state index in [9.17, 15) is 9.59 Å². The van der Waals surface area contributed by atoms with Crippen molar-refractivity contribution in [3.63, 3.8) is 0 Å². The van der Waals surface area contributed by atoms with Crippen molar-refractivity contribution >= 4 is 24.2 Å². The van der Waals surface area contributed by atoms with Crippen LogP contribution < -0.4 is 11.1 Å². The van der Waals surface area contributed by atoms with Crippen molar-refractivity contribution in [3.05, 3.63) is 35.9 Å². The molecule has 0 spiro atoms. The third-order valence-corrected chi connectivity index (χ3v) is 3.93. The van der Waals surface area contributed by atoms with Crippen molar-refractivity contribution < 1.29 is 9.59 Å². The molecule has 1 aliphatic rings. The fourth-order valence-corrected chi connectivity index (χ4v) is 2.88. The molecule has 0 bridgehead atoms. The monoisotopic (exact) mass is 325 g/mol. The maximum Gasteiger partial charge on any atom is 0.225 e. The number of rotatable bonds is 5. The van der Waals surface area contributed by atoms with Gasteiger partial charge < -0.3 is 16.0 Å². The van der Waals surface area contributed by atoms with E-state index in [1.165, 1.54) is 6.92 Å². The molecule has 2 atom stereocenters. The first-order valence-corrected chi connectivity index (χ1v) is 7.43. The summed E-state index contributed by atoms with van der Waals surface area (Å²) in [7, 11) is 0. The number of halogens is 1. The van der Waals surface area contributed by atoms with Crippen LogP contribution >= 0.6 is 12.4 Å². The number of nitrogens with zero attached hydrogens (tertiary/aromatic N) is 1. The van der Waals surface area contributed by atoms with Crippen LogP contribution in [-0.2, 0) is 9.59 Å². The highest BCUT2D eigenvalue weighted by Crippen LogP contribution is 2.22. The molecule has 0 aliphatic carbocycles. The summed E-state index contributed by atoms with van der Waals surface area (Å²) in [4.78, 5) is 25.8. The summed E-state index contributed by atoms with van der Waals surface area (Å²) >= 11 is 0. The molecule has 5 nitrogen and oxygen atoms in total. The van der Waals surface area contributed by atoms with E-state index in [1.807, 2.05) is 35.2 Å². The largest absolute Gasteiger partial charge is 0.349 e. The maximum absolute atomic E-state index is 12.5. The summed E-state index contributed by atoms with van der Waals surface area (Å²) in [5.41, 5.74) is 6.67. The predicted molar refractivity (Wildman–Crippen MR) is 88.7 cm³/mol. The molecular formula is C16H24ClN3O2. The second kappa shape index (κ2) is 8.76. The minimum absolute atomic E-state index is 0. The van der Waals surface area contributed by atoms with Gasteiger partial charge in [-0.1, -0.05) is 30.3 Å². The van der Waals surface area contributed by atoms with Crippen molar-refractivity contribution in [2.24, 2.45) is 5.73 Å². The van der Waals surface area contributed by atoms with Crippen LogP contribution in [-0.4, -0.2) is 35.8 Å². The van der Waals surface area contributed by atoms with Gasteiger partial charge >= 0.3 is 0 Å². The number of benzene rings is 1. The zero-order chi connectivity index (χ0) is 15.2. The van der Waals surface area contributed by atoms with E-state index in [1.54, 1.807) is 0 Å². The molecule has 1 aromatic carbocycles. The van der Waals surface area contributed by atoms with Gasteiger partial charge in [0.25, 0.3) is 0 Å². The number of hydrogen-bond donors (Lipinski definition) is 2. The lowest BCUT2D eigenvalue weighted by Crippen LogP contribution is -2.41. The van der Waals surface area contributed by atoms with Crippen molar-refractivity contribution in [1.29, 1.82) is 0 Å². The van der Waals surface area contributed by atoms with E-state index in [-0.39, 0.29) is 42.7 Å². The van der Waals surface area contributed by atoms with Gasteiger partial charge in [-0.2, -0.15) is 0 Å². The van der Waals surface area contributed by atoms with Crippen molar-refractivity contribution in [2.75, 3.05) is 13.1 Å². The molecule has 2 rings (SSSR count). The standard InChI is InChI=1S/C16H23N3O2.ClH/c1-12(20)18-15(13-6-3-2-4-7-13)10-16(21)19-9-5-8-14(19)11-17;/h2-4,6-7,14-15H,5,8-11,17H2,1H3,(H,18,20);1H. The summed E-state index contributed by atoms with van der Waals surface area (Å²) in [6, 6.07) is 9.46. The first-order valence-electron chi connectivity index (χ1n) is 7.43. The number of amides is 2. The molecule has 1 aliphatic heterocycles. The molecule has 0 radical (unpaired) electrons. The number of hydrogen-bond acceptors (Lipinski definition) is 3. The number of nitrogens with one attached hydrogen (secondary N) is 1. The Hall–Kier alpha value is -1.59. The molecule has 1 heterocycles. The summed E-state index contributed by atoms with van der Waals surface area (Å²) in [5.74, 6) is -0.0704. The minimum Gasteiger partial charge on any atom is -0.349 e. The SMILES string of the molecule is CC(=O)NC(CC(=O)N1CCCC1CN)c1ccccc1.Cl. The average molecular weight is 326 g/mol. The molecule has 2 unspecified atom stereocenters. The van der Waals surface area contributed by atoms with Crippen LogP contribution in [0, 0.1) is 0 Å². The molecular weight excluding hydrogens is 302 g/mol. The second-order valence-electron chi connectivity index (χ2n) is 5.49. The zero-order valence-corrected chi connectivity index (χ0v) is 13.6. The molecule has 1 fully saturated rings. The van der Waals surface area contributed by atoms with Crippen molar-refractivity contribution in [2.45, 2.75) is 38.3 Å². The Kier molecular flexibility index (Phi) is 7.35. The van der Waals surface area contributed by atoms with Gasteiger partial charge in [0.2, 0.25) is 11.8 Å². The van der Waals surface area contributed by atoms with E-state index in [0.29, 0.717) is 6.54 Å². The average Bonchev–Trinajstić information content (AvgIpc) is 2.95. The van der Waals surface area contributed by atoms with Gasteiger partial charge in [-0.3, -0.25) is 9.59 Å². The number of nitrogens with two attached hydrogens (primary N) is 1. The summed E-state index contributed by atoms with van der Waals surface area (Å²) in [5, 5.41) is 2.87. The number of likely N-dealkylation sites (tertiary alicyclic amines) is 1. The van der Waals surface area contributed by atoms with Gasteiger partial charge in [-0.25, -0.2) is 0 Å². The van der Waals surface area contributed by atoms with Crippen LogP contribution in [0.25, 0.3) is 0 Å². The Morgan fingerprint density at radius 1 is 1.36 bits per heavy atom. The Morgan fingerprint density at radius 3 is 2.64 bits per heavy atom. The zero-order valence-electron chi connectivity index (χ0n) is 12.8. The van der Waals surface area contributed by atoms with Crippen LogP contribution in [0.15, 0.2) is 30.3 Å². The van der Waals surface area contributed by atoms with Gasteiger partial charge in [0.15, 0.2) is 0 Å². The van der Waals surface area contributed by atoms with Crippen LogP contribution in [0.3, 0.4) is 0 Å². The van der Waals surface area contributed by atoms with Gasteiger partial charge in [0.1, 0.15) is 0 Å². The van der Waals surface area contributed by atoms with Crippen molar-refractivity contribution in [1.82, 2.24) is 10.2 Å². The fourth-order valence-electron chi connectivity index (χ4n) is 2.88. The molecule has 0 saturated carbocycles.